The largest absolute Gasteiger partial charge is 0.491 e. The Bertz CT molecular complexity index is 403. The summed E-state index contributed by atoms with van der Waals surface area (Å²) in [6, 6.07) is 7.36. The van der Waals surface area contributed by atoms with Gasteiger partial charge in [0.05, 0.1) is 0 Å². The van der Waals surface area contributed by atoms with Crippen LogP contribution in [-0.2, 0) is 0 Å². The Hall–Kier alpha value is -1.39. The molecule has 0 spiro atoms. The molecule has 112 valence electrons. The van der Waals surface area contributed by atoms with Gasteiger partial charge in [-0.3, -0.25) is 4.79 Å². The van der Waals surface area contributed by atoms with Crippen molar-refractivity contribution in [2.75, 3.05) is 13.2 Å². The van der Waals surface area contributed by atoms with E-state index >= 15 is 0 Å². The number of nitrogens with one attached hydrogen (secondary N) is 1. The van der Waals surface area contributed by atoms with Gasteiger partial charge < -0.3 is 15.2 Å². The molecule has 1 aromatic carbocycles. The molecule has 0 aliphatic heterocycles. The van der Waals surface area contributed by atoms with E-state index in [-0.39, 0.29) is 12.4 Å². The number of rotatable bonds is 9. The molecule has 20 heavy (non-hydrogen) atoms. The van der Waals surface area contributed by atoms with Crippen molar-refractivity contribution in [2.24, 2.45) is 0 Å². The number of ketones is 1. The van der Waals surface area contributed by atoms with Gasteiger partial charge in [0.15, 0.2) is 5.78 Å². The van der Waals surface area contributed by atoms with Gasteiger partial charge in [0.2, 0.25) is 0 Å². The summed E-state index contributed by atoms with van der Waals surface area (Å²) in [4.78, 5) is 11.1. The number of carbonyl (C=O) groups is 1. The smallest absolute Gasteiger partial charge is 0.159 e. The second-order valence-corrected chi connectivity index (χ2v) is 5.14. The van der Waals surface area contributed by atoms with Crippen molar-refractivity contribution in [1.29, 1.82) is 0 Å². The average molecular weight is 279 g/mol. The molecule has 0 bridgehead atoms. The zero-order valence-corrected chi connectivity index (χ0v) is 12.6. The van der Waals surface area contributed by atoms with Gasteiger partial charge in [-0.1, -0.05) is 13.3 Å². The summed E-state index contributed by atoms with van der Waals surface area (Å²) in [5.74, 6) is 0.696. The first-order valence-corrected chi connectivity index (χ1v) is 7.18. The fraction of sp³-hybridized carbons (Fsp3) is 0.562. The van der Waals surface area contributed by atoms with Crippen LogP contribution >= 0.6 is 0 Å². The van der Waals surface area contributed by atoms with Gasteiger partial charge in [-0.25, -0.2) is 0 Å². The van der Waals surface area contributed by atoms with Gasteiger partial charge in [-0.2, -0.15) is 0 Å². The second-order valence-electron chi connectivity index (χ2n) is 5.14. The van der Waals surface area contributed by atoms with E-state index in [1.807, 2.05) is 0 Å². The third kappa shape index (κ3) is 6.17. The summed E-state index contributed by atoms with van der Waals surface area (Å²) in [6.45, 7) is 6.54. The highest BCUT2D eigenvalue weighted by atomic mass is 16.5. The Morgan fingerprint density at radius 3 is 2.55 bits per heavy atom. The highest BCUT2D eigenvalue weighted by molar-refractivity contribution is 5.94. The first kappa shape index (κ1) is 16.7. The fourth-order valence-corrected chi connectivity index (χ4v) is 1.91. The van der Waals surface area contributed by atoms with Gasteiger partial charge in [0.25, 0.3) is 0 Å². The summed E-state index contributed by atoms with van der Waals surface area (Å²) in [5, 5.41) is 13.1. The topological polar surface area (TPSA) is 58.6 Å². The van der Waals surface area contributed by atoms with Crippen LogP contribution in [0.3, 0.4) is 0 Å². The molecule has 2 N–H and O–H groups in total. The Morgan fingerprint density at radius 1 is 1.35 bits per heavy atom. The van der Waals surface area contributed by atoms with Crippen LogP contribution in [0.4, 0.5) is 0 Å². The van der Waals surface area contributed by atoms with Gasteiger partial charge in [0, 0.05) is 18.2 Å². The molecule has 0 heterocycles. The minimum Gasteiger partial charge on any atom is -0.491 e. The van der Waals surface area contributed by atoms with Crippen LogP contribution in [0.5, 0.6) is 5.75 Å². The maximum Gasteiger partial charge on any atom is 0.159 e. The van der Waals surface area contributed by atoms with Crippen LogP contribution in [-0.4, -0.2) is 36.2 Å². The quantitative estimate of drug-likeness (QED) is 0.682. The Labute approximate surface area is 121 Å². The zero-order chi connectivity index (χ0) is 15.0. The number of carbonyl (C=O) groups excluding carboxylic acids is 1. The third-order valence-corrected chi connectivity index (χ3v) is 3.13. The van der Waals surface area contributed by atoms with Crippen LogP contribution in [0, 0.1) is 0 Å². The molecule has 4 heteroatoms. The monoisotopic (exact) mass is 279 g/mol. The standard InChI is InChI=1S/C16H25NO3/c1-4-5-12(2)17-10-15(19)11-20-16-8-6-14(7-9-16)13(3)18/h6-9,12,15,17,19H,4-5,10-11H2,1-3H3/t12-,15+/m0/s1. The number of aliphatic hydroxyl groups excluding tert-OH is 1. The molecule has 2 atom stereocenters. The first-order chi connectivity index (χ1) is 9.52. The summed E-state index contributed by atoms with van der Waals surface area (Å²) in [5.41, 5.74) is 0.660. The summed E-state index contributed by atoms with van der Waals surface area (Å²) < 4.78 is 5.49. The van der Waals surface area contributed by atoms with E-state index in [1.54, 1.807) is 24.3 Å². The maximum absolute atomic E-state index is 11.1. The van der Waals surface area contributed by atoms with E-state index in [1.165, 1.54) is 6.92 Å². The van der Waals surface area contributed by atoms with Crippen LogP contribution < -0.4 is 10.1 Å². The van der Waals surface area contributed by atoms with E-state index in [4.69, 9.17) is 4.74 Å². The highest BCUT2D eigenvalue weighted by Crippen LogP contribution is 2.12. The zero-order valence-electron chi connectivity index (χ0n) is 12.6. The molecule has 0 unspecified atom stereocenters. The molecule has 0 aromatic heterocycles. The lowest BCUT2D eigenvalue weighted by atomic mass is 10.1. The minimum absolute atomic E-state index is 0.0331. The molecule has 1 aromatic rings. The maximum atomic E-state index is 11.1. The number of hydrogen-bond donors (Lipinski definition) is 2. The Balaban J connectivity index is 2.30. The summed E-state index contributed by atoms with van der Waals surface area (Å²) in [7, 11) is 0. The molecule has 0 radical (unpaired) electrons. The van der Waals surface area contributed by atoms with Crippen LogP contribution in [0.15, 0.2) is 24.3 Å². The molecule has 4 nitrogen and oxygen atoms in total. The lowest BCUT2D eigenvalue weighted by Crippen LogP contribution is -2.36. The van der Waals surface area contributed by atoms with E-state index in [0.717, 1.165) is 12.8 Å². The predicted molar refractivity (Wildman–Crippen MR) is 80.3 cm³/mol. The Morgan fingerprint density at radius 2 is 2.00 bits per heavy atom. The van der Waals surface area contributed by atoms with Crippen molar-refractivity contribution < 1.29 is 14.6 Å². The minimum atomic E-state index is -0.540. The van der Waals surface area contributed by atoms with Crippen molar-refractivity contribution in [2.45, 2.75) is 45.8 Å². The molecule has 0 fully saturated rings. The Kier molecular flexibility index (Phi) is 7.26. The summed E-state index contributed by atoms with van der Waals surface area (Å²) >= 11 is 0. The van der Waals surface area contributed by atoms with E-state index in [0.29, 0.717) is 23.9 Å². The van der Waals surface area contributed by atoms with Crippen LogP contribution in [0.1, 0.15) is 44.0 Å². The van der Waals surface area contributed by atoms with Crippen LogP contribution in [0.2, 0.25) is 0 Å². The molecular formula is C16H25NO3. The SMILES string of the molecule is CCC[C@H](C)NC[C@@H](O)COc1ccc(C(C)=O)cc1. The number of ether oxygens (including phenoxy) is 1. The van der Waals surface area contributed by atoms with Gasteiger partial charge >= 0.3 is 0 Å². The molecule has 0 aliphatic carbocycles. The second kappa shape index (κ2) is 8.72. The molecule has 1 rings (SSSR count). The normalized spacial score (nSPS) is 13.8. The van der Waals surface area contributed by atoms with Crippen molar-refractivity contribution in [3.63, 3.8) is 0 Å². The van der Waals surface area contributed by atoms with Gasteiger partial charge in [-0.15, -0.1) is 0 Å². The van der Waals surface area contributed by atoms with Crippen molar-refractivity contribution in [3.8, 4) is 5.75 Å². The molecule has 0 saturated heterocycles. The van der Waals surface area contributed by atoms with Crippen molar-refractivity contribution in [3.05, 3.63) is 29.8 Å². The van der Waals surface area contributed by atoms with E-state index < -0.39 is 6.10 Å². The molecule has 0 saturated carbocycles. The van der Waals surface area contributed by atoms with Crippen LogP contribution in [0.25, 0.3) is 0 Å². The lowest BCUT2D eigenvalue weighted by molar-refractivity contribution is 0.101. The number of benzene rings is 1. The molecule has 0 aliphatic rings. The van der Waals surface area contributed by atoms with E-state index in [2.05, 4.69) is 19.2 Å². The number of Topliss-reactive ketones (excluding diaryl/α,β-unsaturated/α-hetero) is 1. The number of aliphatic hydroxyl groups is 1. The van der Waals surface area contributed by atoms with E-state index in [9.17, 15) is 9.90 Å². The van der Waals surface area contributed by atoms with Crippen molar-refractivity contribution >= 4 is 5.78 Å². The highest BCUT2D eigenvalue weighted by Gasteiger charge is 2.08. The third-order valence-electron chi connectivity index (χ3n) is 3.13. The summed E-state index contributed by atoms with van der Waals surface area (Å²) in [6.07, 6.45) is 1.69. The first-order valence-electron chi connectivity index (χ1n) is 7.18. The number of hydrogen-bond acceptors (Lipinski definition) is 4. The predicted octanol–water partition coefficient (Wildman–Crippen LogP) is 2.41. The molecule has 0 amide bonds. The lowest BCUT2D eigenvalue weighted by Gasteiger charge is -2.17. The van der Waals surface area contributed by atoms with Crippen molar-refractivity contribution in [1.82, 2.24) is 5.32 Å². The molecular weight excluding hydrogens is 254 g/mol. The average Bonchev–Trinajstić information content (AvgIpc) is 2.43. The van der Waals surface area contributed by atoms with Gasteiger partial charge in [-0.05, 0) is 44.5 Å². The van der Waals surface area contributed by atoms with Gasteiger partial charge in [0.1, 0.15) is 18.5 Å². The fourth-order valence-electron chi connectivity index (χ4n) is 1.91.